The lowest BCUT2D eigenvalue weighted by Crippen LogP contribution is -2.50. The lowest BCUT2D eigenvalue weighted by molar-refractivity contribution is 0.0869. The molecule has 2 fully saturated rings. The van der Waals surface area contributed by atoms with E-state index in [1.807, 2.05) is 0 Å². The van der Waals surface area contributed by atoms with Crippen LogP contribution in [0.5, 0.6) is 0 Å². The second-order valence-electron chi connectivity index (χ2n) is 5.42. The van der Waals surface area contributed by atoms with Crippen molar-refractivity contribution in [3.05, 3.63) is 0 Å². The molecule has 0 amide bonds. The highest BCUT2D eigenvalue weighted by Gasteiger charge is 2.37. The van der Waals surface area contributed by atoms with Gasteiger partial charge >= 0.3 is 0 Å². The van der Waals surface area contributed by atoms with Crippen molar-refractivity contribution < 1.29 is 4.74 Å². The summed E-state index contributed by atoms with van der Waals surface area (Å²) in [7, 11) is 0. The fourth-order valence-electron chi connectivity index (χ4n) is 2.75. The molecular weight excluding hydrogens is 188 g/mol. The van der Waals surface area contributed by atoms with Gasteiger partial charge in [-0.05, 0) is 39.0 Å². The number of nitrogens with two attached hydrogens (primary N) is 1. The van der Waals surface area contributed by atoms with Crippen molar-refractivity contribution in [1.29, 1.82) is 0 Å². The Labute approximate surface area is 92.7 Å². The minimum atomic E-state index is 0.169. The fourth-order valence-corrected chi connectivity index (χ4v) is 2.75. The molecule has 88 valence electrons. The van der Waals surface area contributed by atoms with Gasteiger partial charge in [0.2, 0.25) is 0 Å². The standard InChI is InChI=1S/C12H24N2O/c1-9-12(2,6-7-15-9)14-8-10-4-3-5-11(10)13/h9-11,14H,3-8,13H2,1-2H3. The Morgan fingerprint density at radius 1 is 1.47 bits per heavy atom. The molecule has 1 heterocycles. The SMILES string of the molecule is CC1OCCC1(C)NCC1CCCC1N. The zero-order chi connectivity index (χ0) is 10.9. The van der Waals surface area contributed by atoms with E-state index in [2.05, 4.69) is 19.2 Å². The second-order valence-corrected chi connectivity index (χ2v) is 5.42. The molecule has 1 saturated carbocycles. The van der Waals surface area contributed by atoms with Gasteiger partial charge < -0.3 is 15.8 Å². The van der Waals surface area contributed by atoms with E-state index in [-0.39, 0.29) is 5.54 Å². The maximum absolute atomic E-state index is 6.07. The maximum atomic E-state index is 6.07. The van der Waals surface area contributed by atoms with Crippen molar-refractivity contribution in [2.75, 3.05) is 13.2 Å². The largest absolute Gasteiger partial charge is 0.377 e. The van der Waals surface area contributed by atoms with Crippen LogP contribution in [0.15, 0.2) is 0 Å². The quantitative estimate of drug-likeness (QED) is 0.740. The van der Waals surface area contributed by atoms with Crippen molar-refractivity contribution in [3.63, 3.8) is 0 Å². The summed E-state index contributed by atoms with van der Waals surface area (Å²) >= 11 is 0. The summed E-state index contributed by atoms with van der Waals surface area (Å²) in [4.78, 5) is 0. The van der Waals surface area contributed by atoms with Crippen molar-refractivity contribution in [2.24, 2.45) is 11.7 Å². The normalized spacial score (nSPS) is 46.2. The number of hydrogen-bond acceptors (Lipinski definition) is 3. The van der Waals surface area contributed by atoms with Crippen LogP contribution >= 0.6 is 0 Å². The second kappa shape index (κ2) is 4.40. The van der Waals surface area contributed by atoms with Gasteiger partial charge in [0.15, 0.2) is 0 Å². The summed E-state index contributed by atoms with van der Waals surface area (Å²) in [5, 5.41) is 3.68. The zero-order valence-corrected chi connectivity index (χ0v) is 9.96. The zero-order valence-electron chi connectivity index (χ0n) is 9.96. The third kappa shape index (κ3) is 2.35. The first-order valence-corrected chi connectivity index (χ1v) is 6.24. The molecule has 3 N–H and O–H groups in total. The summed E-state index contributed by atoms with van der Waals surface area (Å²) in [6, 6.07) is 0.415. The average molecular weight is 212 g/mol. The van der Waals surface area contributed by atoms with Gasteiger partial charge in [-0.15, -0.1) is 0 Å². The van der Waals surface area contributed by atoms with Gasteiger partial charge in [-0.25, -0.2) is 0 Å². The smallest absolute Gasteiger partial charge is 0.0726 e. The van der Waals surface area contributed by atoms with E-state index in [4.69, 9.17) is 10.5 Å². The van der Waals surface area contributed by atoms with Gasteiger partial charge in [0, 0.05) is 24.7 Å². The van der Waals surface area contributed by atoms with E-state index in [0.29, 0.717) is 18.1 Å². The van der Waals surface area contributed by atoms with Crippen LogP contribution < -0.4 is 11.1 Å². The molecule has 3 heteroatoms. The lowest BCUT2D eigenvalue weighted by Gasteiger charge is -2.31. The van der Waals surface area contributed by atoms with Gasteiger partial charge in [0.25, 0.3) is 0 Å². The van der Waals surface area contributed by atoms with E-state index in [1.54, 1.807) is 0 Å². The third-order valence-corrected chi connectivity index (χ3v) is 4.37. The Kier molecular flexibility index (Phi) is 3.33. The van der Waals surface area contributed by atoms with Crippen LogP contribution in [0, 0.1) is 5.92 Å². The Morgan fingerprint density at radius 3 is 2.80 bits per heavy atom. The first kappa shape index (κ1) is 11.4. The molecule has 0 bridgehead atoms. The van der Waals surface area contributed by atoms with Crippen LogP contribution in [0.25, 0.3) is 0 Å². The summed E-state index contributed by atoms with van der Waals surface area (Å²) in [6.07, 6.45) is 5.25. The average Bonchev–Trinajstić information content (AvgIpc) is 2.73. The van der Waals surface area contributed by atoms with Crippen LogP contribution in [0.1, 0.15) is 39.5 Å². The van der Waals surface area contributed by atoms with Crippen molar-refractivity contribution in [2.45, 2.75) is 57.2 Å². The molecule has 2 rings (SSSR count). The van der Waals surface area contributed by atoms with E-state index in [9.17, 15) is 0 Å². The minimum absolute atomic E-state index is 0.169. The van der Waals surface area contributed by atoms with Crippen molar-refractivity contribution in [3.8, 4) is 0 Å². The first-order valence-electron chi connectivity index (χ1n) is 6.24. The Hall–Kier alpha value is -0.120. The molecule has 1 aliphatic heterocycles. The van der Waals surface area contributed by atoms with Crippen molar-refractivity contribution >= 4 is 0 Å². The van der Waals surface area contributed by atoms with Gasteiger partial charge in [0.1, 0.15) is 0 Å². The third-order valence-electron chi connectivity index (χ3n) is 4.37. The Balaban J connectivity index is 1.81. The van der Waals surface area contributed by atoms with E-state index >= 15 is 0 Å². The molecule has 0 spiro atoms. The molecule has 4 unspecified atom stereocenters. The van der Waals surface area contributed by atoms with Gasteiger partial charge in [-0.3, -0.25) is 0 Å². The summed E-state index contributed by atoms with van der Waals surface area (Å²) in [6.45, 7) is 6.38. The molecule has 1 aliphatic carbocycles. The molecule has 4 atom stereocenters. The van der Waals surface area contributed by atoms with Crippen LogP contribution in [-0.4, -0.2) is 30.8 Å². The molecular formula is C12H24N2O. The topological polar surface area (TPSA) is 47.3 Å². The predicted molar refractivity (Wildman–Crippen MR) is 61.8 cm³/mol. The number of nitrogens with one attached hydrogen (secondary N) is 1. The highest BCUT2D eigenvalue weighted by Crippen LogP contribution is 2.28. The fraction of sp³-hybridized carbons (Fsp3) is 1.00. The van der Waals surface area contributed by atoms with Gasteiger partial charge in [0.05, 0.1) is 6.10 Å². The highest BCUT2D eigenvalue weighted by molar-refractivity contribution is 4.95. The predicted octanol–water partition coefficient (Wildman–Crippen LogP) is 1.27. The molecule has 0 aromatic carbocycles. The Bertz CT molecular complexity index is 222. The number of hydrogen-bond donors (Lipinski definition) is 2. The molecule has 0 aromatic rings. The van der Waals surface area contributed by atoms with Gasteiger partial charge in [-0.2, -0.15) is 0 Å². The van der Waals surface area contributed by atoms with Crippen LogP contribution in [0.2, 0.25) is 0 Å². The van der Waals surface area contributed by atoms with E-state index < -0.39 is 0 Å². The molecule has 2 aliphatic rings. The van der Waals surface area contributed by atoms with Crippen LogP contribution in [0.3, 0.4) is 0 Å². The lowest BCUT2D eigenvalue weighted by atomic mass is 9.93. The minimum Gasteiger partial charge on any atom is -0.377 e. The molecule has 3 nitrogen and oxygen atoms in total. The maximum Gasteiger partial charge on any atom is 0.0726 e. The summed E-state index contributed by atoms with van der Waals surface area (Å²) in [5.74, 6) is 0.676. The molecule has 0 aromatic heterocycles. The highest BCUT2D eigenvalue weighted by atomic mass is 16.5. The monoisotopic (exact) mass is 212 g/mol. The van der Waals surface area contributed by atoms with Crippen molar-refractivity contribution in [1.82, 2.24) is 5.32 Å². The summed E-state index contributed by atoms with van der Waals surface area (Å²) in [5.41, 5.74) is 6.24. The Morgan fingerprint density at radius 2 is 2.27 bits per heavy atom. The van der Waals surface area contributed by atoms with Crippen LogP contribution in [0.4, 0.5) is 0 Å². The van der Waals surface area contributed by atoms with Crippen LogP contribution in [-0.2, 0) is 4.74 Å². The first-order chi connectivity index (χ1) is 7.12. The molecule has 15 heavy (non-hydrogen) atoms. The summed E-state index contributed by atoms with van der Waals surface area (Å²) < 4.78 is 5.62. The number of ether oxygens (including phenoxy) is 1. The van der Waals surface area contributed by atoms with E-state index in [0.717, 1.165) is 19.6 Å². The molecule has 0 radical (unpaired) electrons. The number of rotatable bonds is 3. The van der Waals surface area contributed by atoms with Gasteiger partial charge in [-0.1, -0.05) is 6.42 Å². The van der Waals surface area contributed by atoms with E-state index in [1.165, 1.54) is 19.3 Å². The molecule has 1 saturated heterocycles.